The van der Waals surface area contributed by atoms with Gasteiger partial charge in [0, 0.05) is 12.0 Å². The van der Waals surface area contributed by atoms with Crippen LogP contribution < -0.4 is 5.32 Å². The number of hydrogen-bond donors (Lipinski definition) is 1. The Morgan fingerprint density at radius 3 is 2.79 bits per heavy atom. The summed E-state index contributed by atoms with van der Waals surface area (Å²) in [5.41, 5.74) is 0.232. The zero-order valence-electron chi connectivity index (χ0n) is 7.39. The molecule has 4 heteroatoms. The van der Waals surface area contributed by atoms with Gasteiger partial charge in [-0.25, -0.2) is 8.78 Å². The normalized spacial score (nSPS) is 21.0. The molecule has 0 aromatic heterocycles. The van der Waals surface area contributed by atoms with E-state index in [0.29, 0.717) is 12.8 Å². The van der Waals surface area contributed by atoms with Crippen LogP contribution in [0.4, 0.5) is 8.78 Å². The number of benzene rings is 1. The van der Waals surface area contributed by atoms with Gasteiger partial charge in [0.25, 0.3) is 0 Å². The molecule has 1 saturated heterocycles. The molecular formula is C10H9F2NO. The molecule has 0 aliphatic carbocycles. The van der Waals surface area contributed by atoms with Crippen molar-refractivity contribution in [3.63, 3.8) is 0 Å². The summed E-state index contributed by atoms with van der Waals surface area (Å²) in [7, 11) is 0. The number of carbonyl (C=O) groups excluding carboxylic acids is 1. The fraction of sp³-hybridized carbons (Fsp3) is 0.300. The maximum atomic E-state index is 13.3. The van der Waals surface area contributed by atoms with E-state index in [4.69, 9.17) is 0 Å². The Morgan fingerprint density at radius 1 is 1.36 bits per heavy atom. The molecule has 1 N–H and O–H groups in total. The number of halogens is 2. The summed E-state index contributed by atoms with van der Waals surface area (Å²) < 4.78 is 26.1. The fourth-order valence-electron chi connectivity index (χ4n) is 1.64. The summed E-state index contributed by atoms with van der Waals surface area (Å²) in [6, 6.07) is 3.63. The molecule has 0 radical (unpaired) electrons. The summed E-state index contributed by atoms with van der Waals surface area (Å²) in [6.45, 7) is 0. The molecule has 2 rings (SSSR count). The predicted octanol–water partition coefficient (Wildman–Crippen LogP) is 1.92. The van der Waals surface area contributed by atoms with E-state index in [-0.39, 0.29) is 17.5 Å². The highest BCUT2D eigenvalue weighted by atomic mass is 19.2. The molecule has 0 saturated carbocycles. The lowest BCUT2D eigenvalue weighted by Gasteiger charge is -2.11. The Hall–Kier alpha value is -1.45. The van der Waals surface area contributed by atoms with Crippen LogP contribution in [-0.4, -0.2) is 5.91 Å². The lowest BCUT2D eigenvalue weighted by Crippen LogP contribution is -2.19. The highest BCUT2D eigenvalue weighted by Gasteiger charge is 2.25. The Bertz CT molecular complexity index is 378. The first-order chi connectivity index (χ1) is 6.68. The first-order valence-electron chi connectivity index (χ1n) is 4.42. The highest BCUT2D eigenvalue weighted by molar-refractivity contribution is 5.78. The van der Waals surface area contributed by atoms with Gasteiger partial charge in [0.05, 0.1) is 6.04 Å². The Kier molecular flexibility index (Phi) is 2.19. The molecule has 1 fully saturated rings. The quantitative estimate of drug-likeness (QED) is 0.732. The number of nitrogens with one attached hydrogen (secondary N) is 1. The predicted molar refractivity (Wildman–Crippen MR) is 46.5 cm³/mol. The molecule has 1 aromatic rings. The van der Waals surface area contributed by atoms with Crippen LogP contribution in [0.3, 0.4) is 0 Å². The summed E-state index contributed by atoms with van der Waals surface area (Å²) >= 11 is 0. The summed E-state index contributed by atoms with van der Waals surface area (Å²) in [5.74, 6) is -1.85. The molecule has 1 aromatic carbocycles. The number of hydrogen-bond acceptors (Lipinski definition) is 1. The Balaban J connectivity index is 2.32. The number of carbonyl (C=O) groups is 1. The standard InChI is InChI=1S/C10H9F2NO/c11-7-3-1-2-6(10(7)12)8-4-5-9(14)13-8/h1-3,8H,4-5H2,(H,13,14)/t8-/m0/s1. The highest BCUT2D eigenvalue weighted by Crippen LogP contribution is 2.26. The van der Waals surface area contributed by atoms with E-state index in [0.717, 1.165) is 6.07 Å². The average molecular weight is 197 g/mol. The van der Waals surface area contributed by atoms with Crippen LogP contribution in [0.2, 0.25) is 0 Å². The van der Waals surface area contributed by atoms with Crippen LogP contribution in [-0.2, 0) is 4.79 Å². The molecular weight excluding hydrogens is 188 g/mol. The van der Waals surface area contributed by atoms with Gasteiger partial charge in [-0.1, -0.05) is 12.1 Å². The van der Waals surface area contributed by atoms with E-state index >= 15 is 0 Å². The second-order valence-electron chi connectivity index (χ2n) is 3.30. The van der Waals surface area contributed by atoms with Gasteiger partial charge >= 0.3 is 0 Å². The van der Waals surface area contributed by atoms with Crippen molar-refractivity contribution in [2.75, 3.05) is 0 Å². The second kappa shape index (κ2) is 3.36. The topological polar surface area (TPSA) is 29.1 Å². The Morgan fingerprint density at radius 2 is 2.14 bits per heavy atom. The van der Waals surface area contributed by atoms with Gasteiger partial charge in [0.15, 0.2) is 11.6 Å². The van der Waals surface area contributed by atoms with Crippen molar-refractivity contribution in [1.29, 1.82) is 0 Å². The minimum atomic E-state index is -0.872. The van der Waals surface area contributed by atoms with Crippen molar-refractivity contribution in [2.45, 2.75) is 18.9 Å². The van der Waals surface area contributed by atoms with Gasteiger partial charge in [-0.3, -0.25) is 4.79 Å². The minimum Gasteiger partial charge on any atom is -0.349 e. The van der Waals surface area contributed by atoms with Crippen LogP contribution in [0.25, 0.3) is 0 Å². The van der Waals surface area contributed by atoms with Crippen molar-refractivity contribution in [3.05, 3.63) is 35.4 Å². The zero-order chi connectivity index (χ0) is 10.1. The molecule has 14 heavy (non-hydrogen) atoms. The third-order valence-electron chi connectivity index (χ3n) is 2.35. The average Bonchev–Trinajstić information content (AvgIpc) is 2.57. The number of amides is 1. The van der Waals surface area contributed by atoms with Gasteiger partial charge in [-0.05, 0) is 12.5 Å². The molecule has 0 bridgehead atoms. The van der Waals surface area contributed by atoms with Gasteiger partial charge in [-0.15, -0.1) is 0 Å². The molecule has 1 amide bonds. The summed E-state index contributed by atoms with van der Waals surface area (Å²) in [6.07, 6.45) is 0.903. The smallest absolute Gasteiger partial charge is 0.220 e. The van der Waals surface area contributed by atoms with E-state index < -0.39 is 11.6 Å². The van der Waals surface area contributed by atoms with Gasteiger partial charge < -0.3 is 5.32 Å². The van der Waals surface area contributed by atoms with Crippen LogP contribution in [0.1, 0.15) is 24.4 Å². The van der Waals surface area contributed by atoms with Crippen LogP contribution in [0, 0.1) is 11.6 Å². The lowest BCUT2D eigenvalue weighted by atomic mass is 10.0. The molecule has 1 aliphatic rings. The maximum Gasteiger partial charge on any atom is 0.220 e. The second-order valence-corrected chi connectivity index (χ2v) is 3.30. The van der Waals surface area contributed by atoms with Crippen LogP contribution in [0.5, 0.6) is 0 Å². The Labute approximate surface area is 79.9 Å². The van der Waals surface area contributed by atoms with E-state index in [1.165, 1.54) is 12.1 Å². The monoisotopic (exact) mass is 197 g/mol. The van der Waals surface area contributed by atoms with Crippen molar-refractivity contribution in [1.82, 2.24) is 5.32 Å². The molecule has 0 spiro atoms. The van der Waals surface area contributed by atoms with Crippen molar-refractivity contribution in [3.8, 4) is 0 Å². The third-order valence-corrected chi connectivity index (χ3v) is 2.35. The molecule has 1 heterocycles. The molecule has 1 aliphatic heterocycles. The van der Waals surface area contributed by atoms with Gasteiger partial charge in [0.1, 0.15) is 0 Å². The van der Waals surface area contributed by atoms with E-state index in [1.54, 1.807) is 0 Å². The van der Waals surface area contributed by atoms with Crippen LogP contribution >= 0.6 is 0 Å². The lowest BCUT2D eigenvalue weighted by molar-refractivity contribution is -0.119. The first kappa shape index (κ1) is 9.12. The van der Waals surface area contributed by atoms with Crippen molar-refractivity contribution < 1.29 is 13.6 Å². The van der Waals surface area contributed by atoms with Crippen molar-refractivity contribution in [2.24, 2.45) is 0 Å². The third kappa shape index (κ3) is 1.47. The number of rotatable bonds is 1. The first-order valence-corrected chi connectivity index (χ1v) is 4.42. The summed E-state index contributed by atoms with van der Waals surface area (Å²) in [5, 5.41) is 2.59. The largest absolute Gasteiger partial charge is 0.349 e. The van der Waals surface area contributed by atoms with Crippen molar-refractivity contribution >= 4 is 5.91 Å². The van der Waals surface area contributed by atoms with Gasteiger partial charge in [-0.2, -0.15) is 0 Å². The minimum absolute atomic E-state index is 0.112. The summed E-state index contributed by atoms with van der Waals surface area (Å²) in [4.78, 5) is 10.9. The molecule has 2 nitrogen and oxygen atoms in total. The maximum absolute atomic E-state index is 13.3. The van der Waals surface area contributed by atoms with Crippen LogP contribution in [0.15, 0.2) is 18.2 Å². The van der Waals surface area contributed by atoms with E-state index in [9.17, 15) is 13.6 Å². The molecule has 0 unspecified atom stereocenters. The zero-order valence-corrected chi connectivity index (χ0v) is 7.39. The van der Waals surface area contributed by atoms with E-state index in [1.807, 2.05) is 0 Å². The SMILES string of the molecule is O=C1CC[C@@H](c2cccc(F)c2F)N1. The molecule has 74 valence electrons. The van der Waals surface area contributed by atoms with Gasteiger partial charge in [0.2, 0.25) is 5.91 Å². The van der Waals surface area contributed by atoms with E-state index in [2.05, 4.69) is 5.32 Å². The fourth-order valence-corrected chi connectivity index (χ4v) is 1.64. The molecule has 1 atom stereocenters.